The Kier molecular flexibility index (Phi) is 5.42. The minimum Gasteiger partial charge on any atom is -0.465 e. The Morgan fingerprint density at radius 2 is 1.61 bits per heavy atom. The van der Waals surface area contributed by atoms with E-state index >= 15 is 0 Å². The van der Waals surface area contributed by atoms with E-state index in [9.17, 15) is 0 Å². The average Bonchev–Trinajstić information content (AvgIpc) is 2.28. The zero-order chi connectivity index (χ0) is 13.7. The molecular formula is C16H24O2. The molecule has 0 saturated carbocycles. The Bertz CT molecular complexity index is 377. The van der Waals surface area contributed by atoms with Gasteiger partial charge < -0.3 is 9.47 Å². The number of hydrogen-bond donors (Lipinski definition) is 0. The molecule has 0 bridgehead atoms. The van der Waals surface area contributed by atoms with Crippen LogP contribution >= 0.6 is 0 Å². The fraction of sp³-hybridized carbons (Fsp3) is 0.500. The second kappa shape index (κ2) is 6.60. The molecule has 2 heteroatoms. The van der Waals surface area contributed by atoms with Crippen molar-refractivity contribution >= 4 is 5.57 Å². The summed E-state index contributed by atoms with van der Waals surface area (Å²) in [4.78, 5) is 0. The number of benzene rings is 1. The number of allylic oxidation sites excluding steroid dienone is 1. The van der Waals surface area contributed by atoms with Gasteiger partial charge in [-0.3, -0.25) is 0 Å². The highest BCUT2D eigenvalue weighted by molar-refractivity contribution is 5.61. The summed E-state index contributed by atoms with van der Waals surface area (Å²) < 4.78 is 11.6. The smallest absolute Gasteiger partial charge is 0.202 e. The van der Waals surface area contributed by atoms with Crippen LogP contribution < -0.4 is 4.74 Å². The average molecular weight is 248 g/mol. The molecule has 0 spiro atoms. The van der Waals surface area contributed by atoms with Crippen LogP contribution in [0.1, 0.15) is 40.2 Å². The van der Waals surface area contributed by atoms with Crippen LogP contribution in [0.5, 0.6) is 5.75 Å². The SMILES string of the molecule is C=C(C)c1ccc(OC(OC(C)C)C(C)C)cc1. The van der Waals surface area contributed by atoms with Crippen LogP contribution in [0.4, 0.5) is 0 Å². The molecule has 0 heterocycles. The van der Waals surface area contributed by atoms with Crippen molar-refractivity contribution < 1.29 is 9.47 Å². The van der Waals surface area contributed by atoms with Crippen LogP contribution in [0.15, 0.2) is 30.8 Å². The molecule has 0 aromatic heterocycles. The van der Waals surface area contributed by atoms with E-state index in [2.05, 4.69) is 20.4 Å². The molecule has 100 valence electrons. The monoisotopic (exact) mass is 248 g/mol. The third kappa shape index (κ3) is 4.53. The first-order valence-corrected chi connectivity index (χ1v) is 6.48. The maximum absolute atomic E-state index is 5.87. The molecule has 0 N–H and O–H groups in total. The van der Waals surface area contributed by atoms with Gasteiger partial charge in [0.25, 0.3) is 0 Å². The molecule has 2 nitrogen and oxygen atoms in total. The lowest BCUT2D eigenvalue weighted by molar-refractivity contribution is -0.132. The molecule has 0 aliphatic carbocycles. The van der Waals surface area contributed by atoms with Gasteiger partial charge in [-0.25, -0.2) is 0 Å². The van der Waals surface area contributed by atoms with Crippen molar-refractivity contribution in [3.8, 4) is 5.75 Å². The maximum Gasteiger partial charge on any atom is 0.202 e. The van der Waals surface area contributed by atoms with Crippen molar-refractivity contribution in [3.05, 3.63) is 36.4 Å². The lowest BCUT2D eigenvalue weighted by Gasteiger charge is -2.24. The molecule has 1 aromatic rings. The Morgan fingerprint density at radius 1 is 1.06 bits per heavy atom. The molecule has 0 amide bonds. The molecule has 0 aliphatic heterocycles. The molecule has 1 aromatic carbocycles. The van der Waals surface area contributed by atoms with E-state index in [4.69, 9.17) is 9.47 Å². The van der Waals surface area contributed by atoms with Gasteiger partial charge in [-0.1, -0.05) is 38.1 Å². The molecule has 0 aliphatic rings. The van der Waals surface area contributed by atoms with Gasteiger partial charge in [-0.15, -0.1) is 0 Å². The number of rotatable bonds is 6. The summed E-state index contributed by atoms with van der Waals surface area (Å²) in [6, 6.07) is 7.96. The number of ether oxygens (including phenoxy) is 2. The highest BCUT2D eigenvalue weighted by Crippen LogP contribution is 2.21. The standard InChI is InChI=1S/C16H24O2/c1-11(2)14-7-9-15(10-8-14)18-16(12(3)4)17-13(5)6/h7-10,12-13,16H,1H2,2-6H3. The lowest BCUT2D eigenvalue weighted by Crippen LogP contribution is -2.29. The van der Waals surface area contributed by atoms with Crippen LogP contribution in [-0.4, -0.2) is 12.4 Å². The van der Waals surface area contributed by atoms with E-state index in [0.717, 1.165) is 16.9 Å². The normalized spacial score (nSPS) is 12.8. The number of hydrogen-bond acceptors (Lipinski definition) is 2. The second-order valence-corrected chi connectivity index (χ2v) is 5.22. The molecular weight excluding hydrogens is 224 g/mol. The minimum atomic E-state index is -0.208. The highest BCUT2D eigenvalue weighted by atomic mass is 16.7. The van der Waals surface area contributed by atoms with Gasteiger partial charge in [-0.05, 0) is 38.5 Å². The van der Waals surface area contributed by atoms with Crippen LogP contribution in [0.25, 0.3) is 5.57 Å². The largest absolute Gasteiger partial charge is 0.465 e. The Morgan fingerprint density at radius 3 is 2.00 bits per heavy atom. The summed E-state index contributed by atoms with van der Waals surface area (Å²) in [6.45, 7) is 14.1. The fourth-order valence-electron chi connectivity index (χ4n) is 1.54. The van der Waals surface area contributed by atoms with Crippen molar-refractivity contribution in [2.45, 2.75) is 47.0 Å². The lowest BCUT2D eigenvalue weighted by atomic mass is 10.1. The summed E-state index contributed by atoms with van der Waals surface area (Å²) in [5.74, 6) is 1.15. The third-order valence-electron chi connectivity index (χ3n) is 2.55. The Labute approximate surface area is 111 Å². The van der Waals surface area contributed by atoms with Crippen LogP contribution in [0.2, 0.25) is 0 Å². The summed E-state index contributed by atoms with van der Waals surface area (Å²) >= 11 is 0. The third-order valence-corrected chi connectivity index (χ3v) is 2.55. The van der Waals surface area contributed by atoms with Gasteiger partial charge in [0.15, 0.2) is 0 Å². The van der Waals surface area contributed by atoms with Crippen molar-refractivity contribution in [3.63, 3.8) is 0 Å². The topological polar surface area (TPSA) is 18.5 Å². The van der Waals surface area contributed by atoms with Crippen LogP contribution in [0.3, 0.4) is 0 Å². The van der Waals surface area contributed by atoms with E-state index in [0.29, 0.717) is 5.92 Å². The Hall–Kier alpha value is -1.28. The van der Waals surface area contributed by atoms with Gasteiger partial charge in [0.1, 0.15) is 5.75 Å². The van der Waals surface area contributed by atoms with E-state index in [1.165, 1.54) is 0 Å². The van der Waals surface area contributed by atoms with Gasteiger partial charge in [-0.2, -0.15) is 0 Å². The van der Waals surface area contributed by atoms with Gasteiger partial charge in [0, 0.05) is 5.92 Å². The summed E-state index contributed by atoms with van der Waals surface area (Å²) in [5, 5.41) is 0. The van der Waals surface area contributed by atoms with Crippen molar-refractivity contribution in [1.29, 1.82) is 0 Å². The fourth-order valence-corrected chi connectivity index (χ4v) is 1.54. The summed E-state index contributed by atoms with van der Waals surface area (Å²) in [7, 11) is 0. The van der Waals surface area contributed by atoms with Crippen LogP contribution in [0, 0.1) is 5.92 Å². The molecule has 1 atom stereocenters. The second-order valence-electron chi connectivity index (χ2n) is 5.22. The predicted octanol–water partition coefficient (Wildman–Crippen LogP) is 4.51. The molecule has 0 radical (unpaired) electrons. The zero-order valence-corrected chi connectivity index (χ0v) is 12.1. The summed E-state index contributed by atoms with van der Waals surface area (Å²) in [6.07, 6.45) is -0.0484. The van der Waals surface area contributed by atoms with Gasteiger partial charge in [0.2, 0.25) is 6.29 Å². The maximum atomic E-state index is 5.87. The van der Waals surface area contributed by atoms with Crippen molar-refractivity contribution in [1.82, 2.24) is 0 Å². The first-order chi connectivity index (χ1) is 8.40. The van der Waals surface area contributed by atoms with E-state index in [1.807, 2.05) is 45.0 Å². The first-order valence-electron chi connectivity index (χ1n) is 6.48. The van der Waals surface area contributed by atoms with Crippen molar-refractivity contribution in [2.24, 2.45) is 5.92 Å². The highest BCUT2D eigenvalue weighted by Gasteiger charge is 2.17. The molecule has 1 unspecified atom stereocenters. The predicted molar refractivity (Wildman–Crippen MR) is 76.6 cm³/mol. The summed E-state index contributed by atoms with van der Waals surface area (Å²) in [5.41, 5.74) is 2.19. The minimum absolute atomic E-state index is 0.159. The van der Waals surface area contributed by atoms with E-state index in [-0.39, 0.29) is 12.4 Å². The Balaban J connectivity index is 2.72. The quantitative estimate of drug-likeness (QED) is 0.690. The van der Waals surface area contributed by atoms with Crippen molar-refractivity contribution in [2.75, 3.05) is 0 Å². The van der Waals surface area contributed by atoms with Gasteiger partial charge in [0.05, 0.1) is 6.10 Å². The zero-order valence-electron chi connectivity index (χ0n) is 12.1. The first kappa shape index (κ1) is 14.8. The van der Waals surface area contributed by atoms with Gasteiger partial charge >= 0.3 is 0 Å². The molecule has 0 saturated heterocycles. The van der Waals surface area contributed by atoms with E-state index in [1.54, 1.807) is 0 Å². The molecule has 1 rings (SSSR count). The van der Waals surface area contributed by atoms with E-state index < -0.39 is 0 Å². The van der Waals surface area contributed by atoms with Crippen LogP contribution in [-0.2, 0) is 4.74 Å². The molecule has 0 fully saturated rings. The molecule has 18 heavy (non-hydrogen) atoms.